The van der Waals surface area contributed by atoms with Gasteiger partial charge in [-0.05, 0) is 279 Å². The number of nitrogens with zero attached hydrogens (tertiary/aromatic N) is 3. The minimum atomic E-state index is 0.0189. The molecule has 0 aliphatic heterocycles. The summed E-state index contributed by atoms with van der Waals surface area (Å²) >= 11 is 0. The zero-order valence-electron chi connectivity index (χ0n) is 77.5. The van der Waals surface area contributed by atoms with E-state index >= 15 is 0 Å². The van der Waals surface area contributed by atoms with Crippen LogP contribution in [0, 0.1) is 6.92 Å². The first kappa shape index (κ1) is 82.5. The molecule has 25 aromatic rings. The van der Waals surface area contributed by atoms with Gasteiger partial charge in [-0.25, -0.2) is 0 Å². The van der Waals surface area contributed by atoms with E-state index in [0.29, 0.717) is 0 Å². The number of hydrogen-bond acceptors (Lipinski definition) is 0. The Morgan fingerprint density at radius 1 is 0.149 bits per heavy atom. The van der Waals surface area contributed by atoms with Crippen molar-refractivity contribution in [3.05, 3.63) is 465 Å². The molecule has 0 saturated carbocycles. The Balaban J connectivity index is 0.000000114. The lowest BCUT2D eigenvalue weighted by Gasteiger charge is -2.23. The summed E-state index contributed by atoms with van der Waals surface area (Å²) in [6.07, 6.45) is 0. The topological polar surface area (TPSA) is 14.8 Å². The Bertz CT molecular complexity index is 8830. The van der Waals surface area contributed by atoms with E-state index in [4.69, 9.17) is 0 Å². The van der Waals surface area contributed by atoms with Gasteiger partial charge in [-0.2, -0.15) is 0 Å². The van der Waals surface area contributed by atoms with Gasteiger partial charge in [0, 0.05) is 49.4 Å². The summed E-state index contributed by atoms with van der Waals surface area (Å²) in [5.74, 6) is 0. The maximum Gasteiger partial charge on any atom is 0.0541 e. The predicted octanol–water partition coefficient (Wildman–Crippen LogP) is 36.6. The van der Waals surface area contributed by atoms with Gasteiger partial charge in [-0.1, -0.05) is 414 Å². The second kappa shape index (κ2) is 32.9. The molecular formula is C131H103N3. The van der Waals surface area contributed by atoms with Crippen molar-refractivity contribution in [2.45, 2.75) is 85.5 Å². The van der Waals surface area contributed by atoms with Crippen LogP contribution in [0.1, 0.15) is 84.6 Å². The molecular weight excluding hydrogens is 1620 g/mol. The summed E-state index contributed by atoms with van der Waals surface area (Å²) < 4.78 is 7.24. The molecule has 22 aromatic carbocycles. The highest BCUT2D eigenvalue weighted by Crippen LogP contribution is 2.51. The number of aromatic nitrogens is 3. The summed E-state index contributed by atoms with van der Waals surface area (Å²) in [4.78, 5) is 0. The number of benzene rings is 22. The Kier molecular flexibility index (Phi) is 20.2. The van der Waals surface area contributed by atoms with Crippen molar-refractivity contribution >= 4 is 141 Å². The van der Waals surface area contributed by atoms with Crippen molar-refractivity contribution in [3.8, 4) is 83.8 Å². The monoisotopic (exact) mass is 1720 g/mol. The fourth-order valence-corrected chi connectivity index (χ4v) is 21.5. The lowest BCUT2D eigenvalue weighted by Crippen LogP contribution is -2.10. The summed E-state index contributed by atoms with van der Waals surface area (Å²) in [6, 6.07) is 164. The number of aryl methyl sites for hydroxylation is 1. The van der Waals surface area contributed by atoms with Gasteiger partial charge >= 0.3 is 0 Å². The van der Waals surface area contributed by atoms with E-state index in [1.807, 2.05) is 0 Å². The molecule has 0 fully saturated rings. The molecule has 0 N–H and O–H groups in total. The van der Waals surface area contributed by atoms with Gasteiger partial charge in [0.25, 0.3) is 0 Å². The first-order valence-corrected chi connectivity index (χ1v) is 47.2. The minimum absolute atomic E-state index is 0.0189. The van der Waals surface area contributed by atoms with E-state index in [0.717, 1.165) is 0 Å². The molecule has 3 aromatic heterocycles. The minimum Gasteiger partial charge on any atom is -0.309 e. The Hall–Kier alpha value is -15.9. The van der Waals surface area contributed by atoms with Crippen LogP contribution in [0.25, 0.3) is 225 Å². The molecule has 0 amide bonds. The summed E-state index contributed by atoms with van der Waals surface area (Å²) in [5, 5.41) is 25.6. The lowest BCUT2D eigenvalue weighted by atomic mass is 9.81. The maximum absolute atomic E-state index is 2.45. The zero-order chi connectivity index (χ0) is 90.8. The van der Waals surface area contributed by atoms with E-state index < -0.39 is 0 Å². The number of fused-ring (bicyclic) bond motifs is 16. The molecule has 0 saturated heterocycles. The van der Waals surface area contributed by atoms with Crippen molar-refractivity contribution < 1.29 is 0 Å². The standard InChI is InChI=1S/C46H35N.C43H35N.C42H33N/c1-46(2,3)34-25-26-40-41(29-34)45(39-20-7-6-19-38(39)44(40)33-24-23-30-13-4-5-14-31(30)27-33)32-15-12-16-35(28-32)47-42-21-10-8-17-36(42)37-18-9-11-22-43(37)47;1-28-20-22-29(23-21-28)41-35-16-5-6-17-36(35)42(37-25-24-31(27-38(37)41)43(2,3)4)30-12-11-13-32(26-30)44-39-18-9-7-14-33(39)34-15-8-10-19-40(34)44;1-42(2,3)30-24-25-36-37(27-30)40(28-14-5-4-6-15-28)34-20-7-8-21-35(34)41(36)29-16-13-17-31(26-29)43-38-22-11-9-18-32(38)33-19-10-12-23-39(33)43/h4-29H,1-3H3;5-27H,1-4H3;4-27H,1-3H3. The Morgan fingerprint density at radius 2 is 0.373 bits per heavy atom. The van der Waals surface area contributed by atoms with Crippen LogP contribution in [0.15, 0.2) is 443 Å². The average Bonchev–Trinajstić information content (AvgIpc) is 1.13. The van der Waals surface area contributed by atoms with Crippen molar-refractivity contribution in [2.75, 3.05) is 0 Å². The summed E-state index contributed by atoms with van der Waals surface area (Å²) in [5.41, 5.74) is 31.5. The van der Waals surface area contributed by atoms with E-state index in [-0.39, 0.29) is 16.2 Å². The molecule has 642 valence electrons. The SMILES string of the molecule is CC(C)(C)c1ccc2c(-c3ccc4ccccc4c3)c3ccccc3c(-c3cccc(-n4c5ccccc5c5ccccc54)c3)c2c1.CC(C)(C)c1ccc2c(-c3cccc(-n4c5ccccc5c5ccccc54)c3)c3ccccc3c(-c3ccccc3)c2c1.Cc1ccc(-c2c3ccccc3c(-c3cccc(-n4c5ccccc5c5ccccc54)c3)c3ccc(C(C)(C)C)cc23)cc1. The van der Waals surface area contributed by atoms with Gasteiger partial charge in [0.05, 0.1) is 33.1 Å². The van der Waals surface area contributed by atoms with Gasteiger partial charge in [0.15, 0.2) is 0 Å². The van der Waals surface area contributed by atoms with Crippen molar-refractivity contribution in [1.82, 2.24) is 13.7 Å². The van der Waals surface area contributed by atoms with Crippen LogP contribution >= 0.6 is 0 Å². The van der Waals surface area contributed by atoms with Gasteiger partial charge < -0.3 is 13.7 Å². The van der Waals surface area contributed by atoms with Crippen LogP contribution < -0.4 is 0 Å². The predicted molar refractivity (Wildman–Crippen MR) is 578 cm³/mol. The molecule has 0 aliphatic rings. The highest BCUT2D eigenvalue weighted by atomic mass is 15.0. The first-order chi connectivity index (χ1) is 65.3. The highest BCUT2D eigenvalue weighted by molar-refractivity contribution is 6.26. The number of rotatable bonds is 9. The Morgan fingerprint density at radius 3 is 0.679 bits per heavy atom. The molecule has 134 heavy (non-hydrogen) atoms. The van der Waals surface area contributed by atoms with Crippen LogP contribution in [-0.2, 0) is 16.2 Å². The van der Waals surface area contributed by atoms with Crippen molar-refractivity contribution in [2.24, 2.45) is 0 Å². The molecule has 25 rings (SSSR count). The molecule has 3 heteroatoms. The Labute approximate surface area is 783 Å². The second-order valence-corrected chi connectivity index (χ2v) is 39.5. The second-order valence-electron chi connectivity index (χ2n) is 39.5. The summed E-state index contributed by atoms with van der Waals surface area (Å²) in [6.45, 7) is 22.9. The van der Waals surface area contributed by atoms with Crippen molar-refractivity contribution in [3.63, 3.8) is 0 Å². The highest BCUT2D eigenvalue weighted by Gasteiger charge is 2.28. The average molecular weight is 1720 g/mol. The maximum atomic E-state index is 2.45. The van der Waals surface area contributed by atoms with E-state index in [1.165, 1.54) is 247 Å². The van der Waals surface area contributed by atoms with Crippen LogP contribution in [0.3, 0.4) is 0 Å². The number of para-hydroxylation sites is 6. The first-order valence-electron chi connectivity index (χ1n) is 47.2. The van der Waals surface area contributed by atoms with Crippen LogP contribution in [-0.4, -0.2) is 13.7 Å². The lowest BCUT2D eigenvalue weighted by molar-refractivity contribution is 0.591. The number of hydrogen-bond donors (Lipinski definition) is 0. The van der Waals surface area contributed by atoms with Gasteiger partial charge in [0.2, 0.25) is 0 Å². The van der Waals surface area contributed by atoms with Gasteiger partial charge in [-0.15, -0.1) is 0 Å². The van der Waals surface area contributed by atoms with Gasteiger partial charge in [-0.3, -0.25) is 0 Å². The molecule has 0 radical (unpaired) electrons. The zero-order valence-corrected chi connectivity index (χ0v) is 77.5. The molecule has 0 unspecified atom stereocenters. The normalized spacial score (nSPS) is 12.1. The molecule has 0 spiro atoms. The molecule has 3 nitrogen and oxygen atoms in total. The van der Waals surface area contributed by atoms with Crippen LogP contribution in [0.4, 0.5) is 0 Å². The van der Waals surface area contributed by atoms with Crippen LogP contribution in [0.5, 0.6) is 0 Å². The molecule has 0 atom stereocenters. The van der Waals surface area contributed by atoms with Crippen LogP contribution in [0.2, 0.25) is 0 Å². The van der Waals surface area contributed by atoms with E-state index in [1.54, 1.807) is 0 Å². The third-order valence-electron chi connectivity index (χ3n) is 28.0. The third-order valence-corrected chi connectivity index (χ3v) is 28.0. The quantitative estimate of drug-likeness (QED) is 0.128. The molecule has 3 heterocycles. The van der Waals surface area contributed by atoms with Gasteiger partial charge in [0.1, 0.15) is 0 Å². The third kappa shape index (κ3) is 14.3. The fraction of sp³-hybridized carbons (Fsp3) is 0.0992. The van der Waals surface area contributed by atoms with E-state index in [2.05, 4.69) is 526 Å². The molecule has 0 aliphatic carbocycles. The smallest absolute Gasteiger partial charge is 0.0541 e. The fourth-order valence-electron chi connectivity index (χ4n) is 21.5. The van der Waals surface area contributed by atoms with E-state index in [9.17, 15) is 0 Å². The largest absolute Gasteiger partial charge is 0.309 e. The molecule has 0 bridgehead atoms. The summed E-state index contributed by atoms with van der Waals surface area (Å²) in [7, 11) is 0. The van der Waals surface area contributed by atoms with Crippen molar-refractivity contribution in [1.29, 1.82) is 0 Å².